The standard InChI is InChI=1S/C58H76N8O6S2/c1-71-57(69)63-45(25-27-73-3)55(67)65-49-11-7-5-9-41(49)31-51(65)53-59-33-47(61-53)38-23-21-37(22-24-38)43-29-40-20-18-36-15-13-35(14-16-36)17-19-39(43)30-44(40)48-34-60-54(62-48)52-32-42-10-6-8-12-50(42)66(52)56(68)46(26-28-74-4)64-58(70)72-2/h13-15,21-24,30,33-34,36,40-42,45-46,49-52H,5-12,16-20,25-29,31-32H2,1-4H3,(H,59,61)(H,60,62)(H,63,69)(H,64,70)/t36-,40+,41?,42?,45+,46+,49?,50?,51+,52+/m1/s1. The number of rotatable bonds is 15. The lowest BCUT2D eigenvalue weighted by atomic mass is 9.74. The Bertz CT molecular complexity index is 2640. The number of aromatic amines is 2. The number of benzene rings is 1. The van der Waals surface area contributed by atoms with E-state index in [-0.39, 0.29) is 41.9 Å². The fourth-order valence-electron chi connectivity index (χ4n) is 13.7. The minimum Gasteiger partial charge on any atom is -0.453 e. The Morgan fingerprint density at radius 1 is 0.716 bits per heavy atom. The average Bonchev–Trinajstić information content (AvgIpc) is 4.27. The van der Waals surface area contributed by atoms with Crippen LogP contribution in [0.25, 0.3) is 22.4 Å². The third-order valence-electron chi connectivity index (χ3n) is 17.6. The van der Waals surface area contributed by atoms with Crippen molar-refractivity contribution in [1.82, 2.24) is 40.4 Å². The lowest BCUT2D eigenvalue weighted by molar-refractivity contribution is -0.138. The van der Waals surface area contributed by atoms with Gasteiger partial charge in [-0.2, -0.15) is 23.5 Å². The van der Waals surface area contributed by atoms with Gasteiger partial charge in [0.05, 0.1) is 50.1 Å². The van der Waals surface area contributed by atoms with Gasteiger partial charge < -0.3 is 39.9 Å². The summed E-state index contributed by atoms with van der Waals surface area (Å²) in [6.07, 6.45) is 34.0. The normalized spacial score (nSPS) is 27.3. The number of fused-ring (bicyclic) bond motifs is 2. The molecule has 13 rings (SSSR count). The number of carbonyl (C=O) groups is 4. The first-order chi connectivity index (χ1) is 36.1. The summed E-state index contributed by atoms with van der Waals surface area (Å²) in [7, 11) is 2.69. The average molecular weight is 1050 g/mol. The molecule has 2 aromatic heterocycles. The monoisotopic (exact) mass is 1040 g/mol. The number of nitrogens with one attached hydrogen (secondary N) is 4. The molecule has 4 heterocycles. The molecule has 4 N–H and O–H groups in total. The summed E-state index contributed by atoms with van der Waals surface area (Å²) in [5.41, 5.74) is 9.67. The summed E-state index contributed by atoms with van der Waals surface area (Å²) >= 11 is 3.33. The summed E-state index contributed by atoms with van der Waals surface area (Å²) in [6.45, 7) is 0. The molecule has 10 atom stereocenters. The predicted molar refractivity (Wildman–Crippen MR) is 294 cm³/mol. The first kappa shape index (κ1) is 52.2. The lowest BCUT2D eigenvalue weighted by Crippen LogP contribution is -2.52. The zero-order chi connectivity index (χ0) is 51.3. The van der Waals surface area contributed by atoms with Crippen molar-refractivity contribution in [3.05, 3.63) is 95.0 Å². The highest BCUT2D eigenvalue weighted by Crippen LogP contribution is 2.50. The van der Waals surface area contributed by atoms with Crippen LogP contribution in [0, 0.1) is 23.7 Å². The predicted octanol–water partition coefficient (Wildman–Crippen LogP) is 11.4. The van der Waals surface area contributed by atoms with Crippen LogP contribution in [0.2, 0.25) is 0 Å². The van der Waals surface area contributed by atoms with Crippen molar-refractivity contribution in [3.8, 4) is 11.3 Å². The van der Waals surface area contributed by atoms with Gasteiger partial charge >= 0.3 is 12.2 Å². The Balaban J connectivity index is 0.934. The number of carbonyl (C=O) groups excluding carboxylic acids is 4. The van der Waals surface area contributed by atoms with Gasteiger partial charge in [0.1, 0.15) is 23.7 Å². The molecule has 74 heavy (non-hydrogen) atoms. The van der Waals surface area contributed by atoms with Crippen LogP contribution < -0.4 is 10.6 Å². The number of hydrogen-bond donors (Lipinski definition) is 4. The largest absolute Gasteiger partial charge is 0.453 e. The van der Waals surface area contributed by atoms with Crippen molar-refractivity contribution < 1.29 is 28.7 Å². The fraction of sp³-hybridized carbons (Fsp3) is 0.586. The molecule has 2 saturated carbocycles. The van der Waals surface area contributed by atoms with Crippen molar-refractivity contribution in [2.75, 3.05) is 38.2 Å². The molecule has 4 unspecified atom stereocenters. The molecule has 3 aromatic rings. The quantitative estimate of drug-likeness (QED) is 0.115. The first-order valence-corrected chi connectivity index (χ1v) is 30.3. The van der Waals surface area contributed by atoms with E-state index in [2.05, 4.69) is 79.0 Å². The van der Waals surface area contributed by atoms with Crippen LogP contribution in [0.15, 0.2) is 72.1 Å². The van der Waals surface area contributed by atoms with Crippen molar-refractivity contribution in [1.29, 1.82) is 0 Å². The molecule has 4 amide bonds. The number of likely N-dealkylation sites (tertiary alicyclic amines) is 2. The van der Waals surface area contributed by atoms with Crippen LogP contribution in [-0.2, 0) is 19.1 Å². The second-order valence-corrected chi connectivity index (χ2v) is 23.8. The molecule has 16 heteroatoms. The highest BCUT2D eigenvalue weighted by molar-refractivity contribution is 7.98. The van der Waals surface area contributed by atoms with Crippen molar-refractivity contribution in [3.63, 3.8) is 0 Å². The second kappa shape index (κ2) is 23.8. The smallest absolute Gasteiger partial charge is 0.407 e. The molecule has 2 aliphatic heterocycles. The van der Waals surface area contributed by atoms with Gasteiger partial charge in [-0.25, -0.2) is 19.6 Å². The molecule has 8 aliphatic carbocycles. The molecule has 2 saturated heterocycles. The molecule has 0 spiro atoms. The number of alkyl carbamates (subject to hydrolysis) is 2. The van der Waals surface area contributed by atoms with Crippen LogP contribution in [-0.4, -0.2) is 116 Å². The van der Waals surface area contributed by atoms with E-state index in [0.29, 0.717) is 30.6 Å². The summed E-state index contributed by atoms with van der Waals surface area (Å²) in [5, 5.41) is 5.74. The highest BCUT2D eigenvalue weighted by atomic mass is 32.2. The fourth-order valence-corrected chi connectivity index (χ4v) is 14.7. The van der Waals surface area contributed by atoms with Crippen LogP contribution in [0.1, 0.15) is 151 Å². The number of thioether (sulfide) groups is 2. The Hall–Kier alpha value is -5.22. The number of imidazole rings is 2. The maximum Gasteiger partial charge on any atom is 0.407 e. The minimum atomic E-state index is -0.663. The molecule has 4 fully saturated rings. The second-order valence-electron chi connectivity index (χ2n) is 21.8. The van der Waals surface area contributed by atoms with E-state index in [1.54, 1.807) is 23.5 Å². The summed E-state index contributed by atoms with van der Waals surface area (Å²) < 4.78 is 9.94. The number of methoxy groups -OCH3 is 2. The van der Waals surface area contributed by atoms with Crippen LogP contribution in [0.5, 0.6) is 0 Å². The maximum absolute atomic E-state index is 14.7. The van der Waals surface area contributed by atoms with Crippen molar-refractivity contribution >= 4 is 58.7 Å². The summed E-state index contributed by atoms with van der Waals surface area (Å²) in [5.74, 6) is 4.62. The van der Waals surface area contributed by atoms with E-state index in [4.69, 9.17) is 19.4 Å². The highest BCUT2D eigenvalue weighted by Gasteiger charge is 2.49. The van der Waals surface area contributed by atoms with E-state index in [0.717, 1.165) is 130 Å². The summed E-state index contributed by atoms with van der Waals surface area (Å²) in [4.78, 5) is 75.9. The molecule has 1 aromatic carbocycles. The topological polar surface area (TPSA) is 175 Å². The van der Waals surface area contributed by atoms with Gasteiger partial charge in [-0.1, -0.05) is 79.8 Å². The van der Waals surface area contributed by atoms with E-state index < -0.39 is 24.3 Å². The Kier molecular flexibility index (Phi) is 16.8. The summed E-state index contributed by atoms with van der Waals surface area (Å²) in [6, 6.07) is 7.48. The number of nitrogens with zero attached hydrogens (tertiary/aromatic N) is 4. The number of amides is 4. The molecule has 14 nitrogen and oxygen atoms in total. The van der Waals surface area contributed by atoms with Gasteiger partial charge in [-0.15, -0.1) is 0 Å². The van der Waals surface area contributed by atoms with Gasteiger partial charge in [0.25, 0.3) is 0 Å². The Labute approximate surface area is 445 Å². The number of aromatic nitrogens is 4. The van der Waals surface area contributed by atoms with Crippen LogP contribution in [0.3, 0.4) is 0 Å². The lowest BCUT2D eigenvalue weighted by Gasteiger charge is -2.36. The molecule has 4 bridgehead atoms. The van der Waals surface area contributed by atoms with E-state index in [1.807, 2.05) is 24.9 Å². The van der Waals surface area contributed by atoms with Gasteiger partial charge in [0.2, 0.25) is 11.8 Å². The number of hydrogen-bond acceptors (Lipinski definition) is 10. The zero-order valence-electron chi connectivity index (χ0n) is 43.7. The molecule has 0 radical (unpaired) electrons. The van der Waals surface area contributed by atoms with Crippen molar-refractivity contribution in [2.45, 2.75) is 152 Å². The number of ether oxygens (including phenoxy) is 2. The number of allylic oxidation sites excluding steroid dienone is 8. The zero-order valence-corrected chi connectivity index (χ0v) is 45.4. The maximum atomic E-state index is 14.7. The van der Waals surface area contributed by atoms with Crippen molar-refractivity contribution in [2.24, 2.45) is 23.7 Å². The van der Waals surface area contributed by atoms with Gasteiger partial charge in [-0.3, -0.25) is 9.59 Å². The van der Waals surface area contributed by atoms with Crippen LogP contribution >= 0.6 is 23.5 Å². The molecular weight excluding hydrogens is 969 g/mol. The van der Waals surface area contributed by atoms with Crippen LogP contribution in [0.4, 0.5) is 9.59 Å². The van der Waals surface area contributed by atoms with E-state index in [1.165, 1.54) is 54.9 Å². The third kappa shape index (κ3) is 11.2. The molecular formula is C58H76N8O6S2. The Morgan fingerprint density at radius 3 is 1.82 bits per heavy atom. The SMILES string of the molecule is COC(=O)N[C@@H](CCSC)C(=O)N1C2CCCCC2C[C@H]1c1ncc(C2=CC3=C(c4ccc(-c5cnc([C@@H]6CC7CCCCC7N6C(=O)[C@H](CCSC)NC(=O)OC)[nH]5)cc4)C[C@@H]2CC[C@@H]2C=CC(=CC2)CC3)[nH]1. The van der Waals surface area contributed by atoms with Gasteiger partial charge in [-0.05, 0) is 165 Å². The Morgan fingerprint density at radius 2 is 1.27 bits per heavy atom. The van der Waals surface area contributed by atoms with E-state index >= 15 is 0 Å². The molecule has 10 aliphatic rings. The minimum absolute atomic E-state index is 0.0382. The first-order valence-electron chi connectivity index (χ1n) is 27.5. The van der Waals surface area contributed by atoms with E-state index in [9.17, 15) is 19.2 Å². The van der Waals surface area contributed by atoms with Gasteiger partial charge in [0, 0.05) is 12.1 Å². The molecule has 396 valence electrons. The van der Waals surface area contributed by atoms with Gasteiger partial charge in [0.15, 0.2) is 0 Å². The third-order valence-corrected chi connectivity index (χ3v) is 18.9. The number of H-pyrrole nitrogens is 2.